The maximum atomic E-state index is 12.1. The van der Waals surface area contributed by atoms with E-state index in [-0.39, 0.29) is 18.3 Å². The molecule has 24 heavy (non-hydrogen) atoms. The van der Waals surface area contributed by atoms with Crippen LogP contribution in [0.25, 0.3) is 6.08 Å². The van der Waals surface area contributed by atoms with Gasteiger partial charge in [0.15, 0.2) is 12.4 Å². The number of likely N-dealkylation sites (N-methyl/N-ethyl adjacent to an activating group) is 1. The third-order valence-electron chi connectivity index (χ3n) is 3.16. The van der Waals surface area contributed by atoms with E-state index in [1.165, 1.54) is 13.1 Å². The Bertz CT molecular complexity index is 770. The van der Waals surface area contributed by atoms with Gasteiger partial charge in [-0.2, -0.15) is 0 Å². The van der Waals surface area contributed by atoms with Crippen molar-refractivity contribution in [2.75, 3.05) is 13.7 Å². The van der Waals surface area contributed by atoms with Crippen LogP contribution in [0.4, 0.5) is 0 Å². The summed E-state index contributed by atoms with van der Waals surface area (Å²) in [5.41, 5.74) is 1.29. The highest BCUT2D eigenvalue weighted by Gasteiger charge is 2.04. The molecule has 0 atom stereocenters. The van der Waals surface area contributed by atoms with Crippen LogP contribution in [0.5, 0.6) is 5.75 Å². The topological polar surface area (TPSA) is 55.4 Å². The van der Waals surface area contributed by atoms with Gasteiger partial charge in [0.1, 0.15) is 5.75 Å². The van der Waals surface area contributed by atoms with Crippen molar-refractivity contribution in [3.63, 3.8) is 0 Å². The number of carbonyl (C=O) groups excluding carboxylic acids is 2. The molecule has 0 heterocycles. The summed E-state index contributed by atoms with van der Waals surface area (Å²) in [5, 5.41) is 3.36. The Morgan fingerprint density at radius 2 is 1.79 bits per heavy atom. The SMILES string of the molecule is CNC(=O)COc1ccc(C(=O)/C=C/c2ccc(Cl)c(Cl)c2)cc1. The lowest BCUT2D eigenvalue weighted by molar-refractivity contribution is -0.122. The molecule has 1 amide bonds. The molecule has 0 aromatic heterocycles. The Labute approximate surface area is 150 Å². The van der Waals surface area contributed by atoms with Crippen molar-refractivity contribution in [3.05, 3.63) is 69.7 Å². The van der Waals surface area contributed by atoms with E-state index in [4.69, 9.17) is 27.9 Å². The van der Waals surface area contributed by atoms with Crippen molar-refractivity contribution in [1.29, 1.82) is 0 Å². The monoisotopic (exact) mass is 363 g/mol. The third-order valence-corrected chi connectivity index (χ3v) is 3.90. The molecule has 0 bridgehead atoms. The minimum absolute atomic E-state index is 0.0684. The van der Waals surface area contributed by atoms with E-state index in [9.17, 15) is 9.59 Å². The largest absolute Gasteiger partial charge is 0.484 e. The molecule has 1 N–H and O–H groups in total. The number of ether oxygens (including phenoxy) is 1. The molecular weight excluding hydrogens is 349 g/mol. The first-order valence-corrected chi connectivity index (χ1v) is 7.86. The molecule has 2 rings (SSSR count). The normalized spacial score (nSPS) is 10.6. The molecule has 0 unspecified atom stereocenters. The summed E-state index contributed by atoms with van der Waals surface area (Å²) in [6, 6.07) is 11.7. The van der Waals surface area contributed by atoms with Gasteiger partial charge in [-0.15, -0.1) is 0 Å². The predicted molar refractivity (Wildman–Crippen MR) is 95.8 cm³/mol. The summed E-state index contributed by atoms with van der Waals surface area (Å²) < 4.78 is 5.28. The molecule has 0 fully saturated rings. The number of carbonyl (C=O) groups is 2. The van der Waals surface area contributed by atoms with E-state index in [2.05, 4.69) is 5.32 Å². The van der Waals surface area contributed by atoms with E-state index in [0.717, 1.165) is 5.56 Å². The Kier molecular flexibility index (Phi) is 6.41. The standard InChI is InChI=1S/C18H15Cl2NO3/c1-21-18(23)11-24-14-6-4-13(5-7-14)17(22)9-3-12-2-8-15(19)16(20)10-12/h2-10H,11H2,1H3,(H,21,23)/b9-3+. The number of hydrogen-bond donors (Lipinski definition) is 1. The van der Waals surface area contributed by atoms with Crippen molar-refractivity contribution in [3.8, 4) is 5.75 Å². The second kappa shape index (κ2) is 8.52. The van der Waals surface area contributed by atoms with Crippen LogP contribution >= 0.6 is 23.2 Å². The molecule has 4 nitrogen and oxygen atoms in total. The summed E-state index contributed by atoms with van der Waals surface area (Å²) in [7, 11) is 1.54. The van der Waals surface area contributed by atoms with Gasteiger partial charge in [0.05, 0.1) is 10.0 Å². The van der Waals surface area contributed by atoms with Crippen LogP contribution in [-0.4, -0.2) is 25.3 Å². The molecule has 0 saturated carbocycles. The fourth-order valence-electron chi connectivity index (χ4n) is 1.82. The lowest BCUT2D eigenvalue weighted by atomic mass is 10.1. The first-order valence-electron chi connectivity index (χ1n) is 7.10. The molecule has 0 aliphatic carbocycles. The van der Waals surface area contributed by atoms with Crippen molar-refractivity contribution < 1.29 is 14.3 Å². The van der Waals surface area contributed by atoms with E-state index in [0.29, 0.717) is 21.4 Å². The Morgan fingerprint density at radius 1 is 1.08 bits per heavy atom. The molecule has 0 aliphatic rings. The maximum absolute atomic E-state index is 12.1. The molecule has 2 aromatic carbocycles. The van der Waals surface area contributed by atoms with Gasteiger partial charge in [0.25, 0.3) is 5.91 Å². The Balaban J connectivity index is 2.00. The zero-order chi connectivity index (χ0) is 17.5. The number of ketones is 1. The average Bonchev–Trinajstić information content (AvgIpc) is 2.60. The summed E-state index contributed by atoms with van der Waals surface area (Å²) in [6.45, 7) is -0.0684. The van der Waals surface area contributed by atoms with Crippen LogP contribution in [-0.2, 0) is 4.79 Å². The molecule has 6 heteroatoms. The molecule has 124 valence electrons. The number of rotatable bonds is 6. The fourth-order valence-corrected chi connectivity index (χ4v) is 2.13. The van der Waals surface area contributed by atoms with E-state index >= 15 is 0 Å². The van der Waals surface area contributed by atoms with E-state index in [1.807, 2.05) is 0 Å². The van der Waals surface area contributed by atoms with Gasteiger partial charge in [-0.1, -0.05) is 35.3 Å². The van der Waals surface area contributed by atoms with Crippen molar-refractivity contribution >= 4 is 41.0 Å². The summed E-state index contributed by atoms with van der Waals surface area (Å²) in [6.07, 6.45) is 3.13. The van der Waals surface area contributed by atoms with E-state index in [1.54, 1.807) is 48.5 Å². The maximum Gasteiger partial charge on any atom is 0.257 e. The Morgan fingerprint density at radius 3 is 2.42 bits per heavy atom. The van der Waals surface area contributed by atoms with Gasteiger partial charge in [-0.25, -0.2) is 0 Å². The lowest BCUT2D eigenvalue weighted by Crippen LogP contribution is -2.24. The first-order chi connectivity index (χ1) is 11.5. The fraction of sp³-hybridized carbons (Fsp3) is 0.111. The third kappa shape index (κ3) is 5.11. The predicted octanol–water partition coefficient (Wildman–Crippen LogP) is 4.01. The summed E-state index contributed by atoms with van der Waals surface area (Å²) in [5.74, 6) is 0.141. The number of nitrogens with one attached hydrogen (secondary N) is 1. The van der Waals surface area contributed by atoms with Crippen molar-refractivity contribution in [2.45, 2.75) is 0 Å². The van der Waals surface area contributed by atoms with Crippen LogP contribution in [0.15, 0.2) is 48.5 Å². The quantitative estimate of drug-likeness (QED) is 0.622. The molecule has 0 aliphatic heterocycles. The second-order valence-corrected chi connectivity index (χ2v) is 5.67. The Hall–Kier alpha value is -2.30. The van der Waals surface area contributed by atoms with Crippen LogP contribution in [0.3, 0.4) is 0 Å². The number of allylic oxidation sites excluding steroid dienone is 1. The number of benzene rings is 2. The number of hydrogen-bond acceptors (Lipinski definition) is 3. The van der Waals surface area contributed by atoms with Gasteiger partial charge in [0, 0.05) is 12.6 Å². The average molecular weight is 364 g/mol. The minimum Gasteiger partial charge on any atom is -0.484 e. The summed E-state index contributed by atoms with van der Waals surface area (Å²) >= 11 is 11.8. The number of halogens is 2. The van der Waals surface area contributed by atoms with Gasteiger partial charge in [0.2, 0.25) is 0 Å². The molecule has 0 spiro atoms. The van der Waals surface area contributed by atoms with Crippen LogP contribution in [0.1, 0.15) is 15.9 Å². The minimum atomic E-state index is -0.222. The zero-order valence-electron chi connectivity index (χ0n) is 12.9. The summed E-state index contributed by atoms with van der Waals surface area (Å²) in [4.78, 5) is 23.3. The van der Waals surface area contributed by atoms with Gasteiger partial charge in [-0.3, -0.25) is 9.59 Å². The van der Waals surface area contributed by atoms with Crippen LogP contribution < -0.4 is 10.1 Å². The molecule has 2 aromatic rings. The smallest absolute Gasteiger partial charge is 0.257 e. The second-order valence-electron chi connectivity index (χ2n) is 4.86. The van der Waals surface area contributed by atoms with Crippen LogP contribution in [0, 0.1) is 0 Å². The van der Waals surface area contributed by atoms with Gasteiger partial charge < -0.3 is 10.1 Å². The molecular formula is C18H15Cl2NO3. The van der Waals surface area contributed by atoms with Crippen molar-refractivity contribution in [2.24, 2.45) is 0 Å². The highest BCUT2D eigenvalue weighted by atomic mass is 35.5. The van der Waals surface area contributed by atoms with E-state index < -0.39 is 0 Å². The van der Waals surface area contributed by atoms with Gasteiger partial charge >= 0.3 is 0 Å². The van der Waals surface area contributed by atoms with Gasteiger partial charge in [-0.05, 0) is 48.0 Å². The number of amides is 1. The zero-order valence-corrected chi connectivity index (χ0v) is 14.4. The first kappa shape index (κ1) is 18.0. The van der Waals surface area contributed by atoms with Crippen LogP contribution in [0.2, 0.25) is 10.0 Å². The highest BCUT2D eigenvalue weighted by molar-refractivity contribution is 6.42. The highest BCUT2D eigenvalue weighted by Crippen LogP contribution is 2.23. The molecule has 0 saturated heterocycles. The van der Waals surface area contributed by atoms with Crippen molar-refractivity contribution in [1.82, 2.24) is 5.32 Å². The molecule has 0 radical (unpaired) electrons. The lowest BCUT2D eigenvalue weighted by Gasteiger charge is -2.05.